The Hall–Kier alpha value is -3.17. The van der Waals surface area contributed by atoms with Crippen LogP contribution < -0.4 is 0 Å². The summed E-state index contributed by atoms with van der Waals surface area (Å²) < 4.78 is 2.15. The zero-order valence-electron chi connectivity index (χ0n) is 16.9. The van der Waals surface area contributed by atoms with Crippen molar-refractivity contribution in [3.05, 3.63) is 125 Å². The van der Waals surface area contributed by atoms with Gasteiger partial charge in [-0.2, -0.15) is 5.10 Å². The molecule has 1 aromatic heterocycles. The minimum Gasteiger partial charge on any atom is -0.396 e. The molecule has 0 atom stereocenters. The van der Waals surface area contributed by atoms with Crippen molar-refractivity contribution in [3.63, 3.8) is 0 Å². The molecule has 3 aromatic carbocycles. The number of nitrogens with zero attached hydrogens (tertiary/aromatic N) is 2. The van der Waals surface area contributed by atoms with Gasteiger partial charge in [-0.15, -0.1) is 0 Å². The molecule has 1 N–H and O–H groups in total. The van der Waals surface area contributed by atoms with Crippen molar-refractivity contribution in [3.8, 4) is 0 Å². The highest BCUT2D eigenvalue weighted by Crippen LogP contribution is 2.41. The first-order valence-corrected chi connectivity index (χ1v) is 10.0. The van der Waals surface area contributed by atoms with Crippen LogP contribution in [0, 0.1) is 13.8 Å². The van der Waals surface area contributed by atoms with Crippen LogP contribution in [-0.4, -0.2) is 21.5 Å². The number of aliphatic hydroxyl groups is 1. The molecule has 146 valence electrons. The lowest BCUT2D eigenvalue weighted by atomic mass is 9.77. The van der Waals surface area contributed by atoms with Gasteiger partial charge in [0, 0.05) is 12.3 Å². The van der Waals surface area contributed by atoms with E-state index in [1.807, 2.05) is 25.1 Å². The van der Waals surface area contributed by atoms with Crippen LogP contribution in [0.1, 0.15) is 33.6 Å². The van der Waals surface area contributed by atoms with Crippen LogP contribution >= 0.6 is 0 Å². The van der Waals surface area contributed by atoms with E-state index in [9.17, 15) is 5.11 Å². The standard InChI is InChI=1S/C26H26N2O/c1-20-25(18-19-29)21(2)28(27-20)26(22-12-6-3-7-13-22,23-14-8-4-9-15-23)24-16-10-5-11-17-24/h3-17,29H,18-19H2,1-2H3. The number of aryl methyl sites for hydroxylation is 1. The third-order valence-electron chi connectivity index (χ3n) is 5.70. The van der Waals surface area contributed by atoms with E-state index >= 15 is 0 Å². The van der Waals surface area contributed by atoms with E-state index in [0.717, 1.165) is 33.6 Å². The molecule has 0 unspecified atom stereocenters. The molecular formula is C26H26N2O. The fraction of sp³-hybridized carbons (Fsp3) is 0.192. The fourth-order valence-corrected chi connectivity index (χ4v) is 4.38. The van der Waals surface area contributed by atoms with Crippen molar-refractivity contribution in [1.82, 2.24) is 9.78 Å². The highest BCUT2D eigenvalue weighted by Gasteiger charge is 2.40. The van der Waals surface area contributed by atoms with Crippen LogP contribution in [-0.2, 0) is 12.0 Å². The number of aromatic nitrogens is 2. The second kappa shape index (κ2) is 8.06. The Morgan fingerprint density at radius 1 is 0.724 bits per heavy atom. The highest BCUT2D eigenvalue weighted by atomic mass is 16.3. The van der Waals surface area contributed by atoms with Crippen LogP contribution in [0.4, 0.5) is 0 Å². The van der Waals surface area contributed by atoms with Crippen molar-refractivity contribution in [2.45, 2.75) is 25.8 Å². The summed E-state index contributed by atoms with van der Waals surface area (Å²) in [6.07, 6.45) is 0.603. The molecule has 0 fully saturated rings. The minimum atomic E-state index is -0.605. The maximum Gasteiger partial charge on any atom is 0.138 e. The number of rotatable bonds is 6. The molecule has 4 rings (SSSR count). The maximum atomic E-state index is 9.59. The SMILES string of the molecule is Cc1nn(C(c2ccccc2)(c2ccccc2)c2ccccc2)c(C)c1CCO. The summed E-state index contributed by atoms with van der Waals surface area (Å²) in [7, 11) is 0. The van der Waals surface area contributed by atoms with E-state index in [0.29, 0.717) is 6.42 Å². The average Bonchev–Trinajstić information content (AvgIpc) is 3.06. The van der Waals surface area contributed by atoms with E-state index in [2.05, 4.69) is 84.4 Å². The molecule has 0 spiro atoms. The van der Waals surface area contributed by atoms with Gasteiger partial charge in [-0.3, -0.25) is 0 Å². The van der Waals surface area contributed by atoms with Crippen molar-refractivity contribution < 1.29 is 5.11 Å². The number of aliphatic hydroxyl groups excluding tert-OH is 1. The van der Waals surface area contributed by atoms with Crippen LogP contribution in [0.2, 0.25) is 0 Å². The van der Waals surface area contributed by atoms with Gasteiger partial charge in [0.2, 0.25) is 0 Å². The first kappa shape index (κ1) is 19.2. The maximum absolute atomic E-state index is 9.59. The molecule has 0 bridgehead atoms. The molecule has 3 heteroatoms. The predicted molar refractivity (Wildman–Crippen MR) is 117 cm³/mol. The molecule has 0 aliphatic heterocycles. The van der Waals surface area contributed by atoms with E-state index in [1.165, 1.54) is 0 Å². The molecule has 3 nitrogen and oxygen atoms in total. The number of hydrogen-bond acceptors (Lipinski definition) is 2. The minimum absolute atomic E-state index is 0.113. The Morgan fingerprint density at radius 3 is 1.52 bits per heavy atom. The first-order valence-electron chi connectivity index (χ1n) is 10.0. The highest BCUT2D eigenvalue weighted by molar-refractivity contribution is 5.51. The Balaban J connectivity index is 2.14. The molecule has 4 aromatic rings. The molecule has 0 aliphatic rings. The normalized spacial score (nSPS) is 11.6. The molecule has 0 saturated carbocycles. The Kier molecular flexibility index (Phi) is 5.32. The number of benzene rings is 3. The molecule has 0 saturated heterocycles. The molecule has 0 aliphatic carbocycles. The third-order valence-corrected chi connectivity index (χ3v) is 5.70. The summed E-state index contributed by atoms with van der Waals surface area (Å²) in [5, 5.41) is 14.6. The number of hydrogen-bond donors (Lipinski definition) is 1. The molecule has 1 heterocycles. The monoisotopic (exact) mass is 382 g/mol. The first-order chi connectivity index (χ1) is 14.2. The summed E-state index contributed by atoms with van der Waals surface area (Å²) in [6.45, 7) is 4.25. The third kappa shape index (κ3) is 3.18. The Labute approximate surface area is 172 Å². The molecular weight excluding hydrogens is 356 g/mol. The van der Waals surface area contributed by atoms with Gasteiger partial charge in [-0.05, 0) is 42.5 Å². The largest absolute Gasteiger partial charge is 0.396 e. The summed E-state index contributed by atoms with van der Waals surface area (Å²) >= 11 is 0. The van der Waals surface area contributed by atoms with E-state index in [4.69, 9.17) is 5.10 Å². The molecule has 0 amide bonds. The summed E-state index contributed by atoms with van der Waals surface area (Å²) in [6, 6.07) is 31.6. The van der Waals surface area contributed by atoms with Crippen molar-refractivity contribution in [2.75, 3.05) is 6.61 Å². The zero-order chi connectivity index (χ0) is 20.3. The topological polar surface area (TPSA) is 38.0 Å². The van der Waals surface area contributed by atoms with Gasteiger partial charge in [0.15, 0.2) is 0 Å². The van der Waals surface area contributed by atoms with Crippen LogP contribution in [0.25, 0.3) is 0 Å². The van der Waals surface area contributed by atoms with Gasteiger partial charge >= 0.3 is 0 Å². The Bertz CT molecular complexity index is 973. The van der Waals surface area contributed by atoms with Crippen molar-refractivity contribution in [2.24, 2.45) is 0 Å². The second-order valence-corrected chi connectivity index (χ2v) is 7.34. The van der Waals surface area contributed by atoms with E-state index in [-0.39, 0.29) is 6.61 Å². The van der Waals surface area contributed by atoms with Gasteiger partial charge in [0.25, 0.3) is 0 Å². The summed E-state index contributed by atoms with van der Waals surface area (Å²) in [4.78, 5) is 0. The lowest BCUT2D eigenvalue weighted by Crippen LogP contribution is -2.39. The van der Waals surface area contributed by atoms with Gasteiger partial charge in [-0.25, -0.2) is 4.68 Å². The smallest absolute Gasteiger partial charge is 0.138 e. The predicted octanol–water partition coefficient (Wildman–Crippen LogP) is 4.87. The van der Waals surface area contributed by atoms with E-state index < -0.39 is 5.54 Å². The van der Waals surface area contributed by atoms with Crippen LogP contribution in [0.5, 0.6) is 0 Å². The van der Waals surface area contributed by atoms with Crippen molar-refractivity contribution in [1.29, 1.82) is 0 Å². The van der Waals surface area contributed by atoms with Gasteiger partial charge in [-0.1, -0.05) is 91.0 Å². The lowest BCUT2D eigenvalue weighted by molar-refractivity contribution is 0.299. The van der Waals surface area contributed by atoms with Crippen LogP contribution in [0.15, 0.2) is 91.0 Å². The van der Waals surface area contributed by atoms with Crippen LogP contribution in [0.3, 0.4) is 0 Å². The lowest BCUT2D eigenvalue weighted by Gasteiger charge is -2.37. The van der Waals surface area contributed by atoms with Gasteiger partial charge in [0.1, 0.15) is 5.54 Å². The zero-order valence-corrected chi connectivity index (χ0v) is 16.9. The van der Waals surface area contributed by atoms with Gasteiger partial charge in [0.05, 0.1) is 5.69 Å². The average molecular weight is 383 g/mol. The summed E-state index contributed by atoms with van der Waals surface area (Å²) in [5.41, 5.74) is 6.00. The van der Waals surface area contributed by atoms with E-state index in [1.54, 1.807) is 0 Å². The Morgan fingerprint density at radius 2 is 1.14 bits per heavy atom. The molecule has 29 heavy (non-hydrogen) atoms. The fourth-order valence-electron chi connectivity index (χ4n) is 4.38. The second-order valence-electron chi connectivity index (χ2n) is 7.34. The van der Waals surface area contributed by atoms with Gasteiger partial charge < -0.3 is 5.11 Å². The van der Waals surface area contributed by atoms with Crippen molar-refractivity contribution >= 4 is 0 Å². The molecule has 0 radical (unpaired) electrons. The quantitative estimate of drug-likeness (QED) is 0.483. The summed E-state index contributed by atoms with van der Waals surface area (Å²) in [5.74, 6) is 0.